The topological polar surface area (TPSA) is 41.1 Å². The third-order valence-corrected chi connectivity index (χ3v) is 3.89. The lowest BCUT2D eigenvalue weighted by Crippen LogP contribution is -2.58. The molecule has 0 saturated heterocycles. The number of rotatable bonds is 8. The van der Waals surface area contributed by atoms with Gasteiger partial charge in [-0.15, -0.1) is 0 Å². The van der Waals surface area contributed by atoms with E-state index in [-0.39, 0.29) is 11.8 Å². The molecule has 0 aliphatic rings. The van der Waals surface area contributed by atoms with Crippen LogP contribution in [-0.2, 0) is 4.79 Å². The third-order valence-electron chi connectivity index (χ3n) is 3.89. The SMILES string of the molecule is CCCC(CC)CNC(C)(C(=O)NC)C(C)C. The van der Waals surface area contributed by atoms with Gasteiger partial charge < -0.3 is 10.6 Å². The molecule has 0 radical (unpaired) electrons. The smallest absolute Gasteiger partial charge is 0.240 e. The van der Waals surface area contributed by atoms with E-state index in [1.807, 2.05) is 6.92 Å². The molecule has 0 spiro atoms. The van der Waals surface area contributed by atoms with E-state index in [1.165, 1.54) is 19.3 Å². The summed E-state index contributed by atoms with van der Waals surface area (Å²) in [5, 5.41) is 6.23. The minimum atomic E-state index is -0.462. The van der Waals surface area contributed by atoms with E-state index < -0.39 is 5.54 Å². The van der Waals surface area contributed by atoms with Crippen molar-refractivity contribution < 1.29 is 4.79 Å². The Morgan fingerprint density at radius 1 is 1.29 bits per heavy atom. The van der Waals surface area contributed by atoms with E-state index in [1.54, 1.807) is 7.05 Å². The minimum absolute atomic E-state index is 0.0823. The molecule has 2 atom stereocenters. The number of hydrogen-bond acceptors (Lipinski definition) is 2. The number of carbonyl (C=O) groups excluding carboxylic acids is 1. The minimum Gasteiger partial charge on any atom is -0.358 e. The van der Waals surface area contributed by atoms with E-state index in [4.69, 9.17) is 0 Å². The Kier molecular flexibility index (Phi) is 7.44. The van der Waals surface area contributed by atoms with Crippen LogP contribution in [0.1, 0.15) is 53.9 Å². The Hall–Kier alpha value is -0.570. The predicted octanol–water partition coefficient (Wildman–Crippen LogP) is 2.56. The maximum Gasteiger partial charge on any atom is 0.240 e. The van der Waals surface area contributed by atoms with Crippen LogP contribution in [0.25, 0.3) is 0 Å². The first-order valence-electron chi connectivity index (χ1n) is 6.89. The Morgan fingerprint density at radius 3 is 2.24 bits per heavy atom. The second-order valence-electron chi connectivity index (χ2n) is 5.38. The van der Waals surface area contributed by atoms with Crippen molar-refractivity contribution in [3.05, 3.63) is 0 Å². The molecule has 0 heterocycles. The van der Waals surface area contributed by atoms with Crippen molar-refractivity contribution in [1.82, 2.24) is 10.6 Å². The van der Waals surface area contributed by atoms with Gasteiger partial charge in [-0.1, -0.05) is 40.5 Å². The van der Waals surface area contributed by atoms with Crippen LogP contribution in [0.2, 0.25) is 0 Å². The van der Waals surface area contributed by atoms with Crippen molar-refractivity contribution in [2.75, 3.05) is 13.6 Å². The normalized spacial score (nSPS) is 16.6. The molecule has 0 aliphatic carbocycles. The highest BCUT2D eigenvalue weighted by Crippen LogP contribution is 2.18. The molecule has 2 N–H and O–H groups in total. The molecule has 3 heteroatoms. The Balaban J connectivity index is 4.50. The summed E-state index contributed by atoms with van der Waals surface area (Å²) in [5.41, 5.74) is -0.462. The third kappa shape index (κ3) is 4.66. The molecule has 17 heavy (non-hydrogen) atoms. The first-order valence-corrected chi connectivity index (χ1v) is 6.89. The van der Waals surface area contributed by atoms with Gasteiger partial charge in [-0.05, 0) is 31.7 Å². The molecule has 1 amide bonds. The molecule has 0 aromatic heterocycles. The summed E-state index contributed by atoms with van der Waals surface area (Å²) in [7, 11) is 1.70. The molecule has 0 fully saturated rings. The van der Waals surface area contributed by atoms with Crippen molar-refractivity contribution in [3.63, 3.8) is 0 Å². The van der Waals surface area contributed by atoms with E-state index >= 15 is 0 Å². The van der Waals surface area contributed by atoms with Crippen LogP contribution in [0, 0.1) is 11.8 Å². The fraction of sp³-hybridized carbons (Fsp3) is 0.929. The van der Waals surface area contributed by atoms with E-state index in [0.29, 0.717) is 5.92 Å². The number of hydrogen-bond donors (Lipinski definition) is 2. The molecule has 0 saturated carbocycles. The van der Waals surface area contributed by atoms with Crippen LogP contribution in [0.15, 0.2) is 0 Å². The Labute approximate surface area is 107 Å². The van der Waals surface area contributed by atoms with Gasteiger partial charge in [0.25, 0.3) is 0 Å². The van der Waals surface area contributed by atoms with Gasteiger partial charge in [0.05, 0.1) is 5.54 Å². The van der Waals surface area contributed by atoms with Crippen molar-refractivity contribution in [2.24, 2.45) is 11.8 Å². The van der Waals surface area contributed by atoms with Gasteiger partial charge in [0.2, 0.25) is 5.91 Å². The monoisotopic (exact) mass is 242 g/mol. The van der Waals surface area contributed by atoms with Crippen LogP contribution in [0.5, 0.6) is 0 Å². The predicted molar refractivity (Wildman–Crippen MR) is 74.0 cm³/mol. The highest BCUT2D eigenvalue weighted by molar-refractivity contribution is 5.85. The first kappa shape index (κ1) is 16.4. The maximum absolute atomic E-state index is 12.0. The number of amides is 1. The number of nitrogens with one attached hydrogen (secondary N) is 2. The van der Waals surface area contributed by atoms with Gasteiger partial charge in [0.15, 0.2) is 0 Å². The summed E-state index contributed by atoms with van der Waals surface area (Å²) >= 11 is 0. The average molecular weight is 242 g/mol. The second kappa shape index (κ2) is 7.70. The van der Waals surface area contributed by atoms with Crippen LogP contribution in [0.4, 0.5) is 0 Å². The molecule has 0 aromatic rings. The van der Waals surface area contributed by atoms with Gasteiger partial charge in [-0.3, -0.25) is 4.79 Å². The lowest BCUT2D eigenvalue weighted by Gasteiger charge is -2.34. The van der Waals surface area contributed by atoms with Crippen molar-refractivity contribution in [3.8, 4) is 0 Å². The van der Waals surface area contributed by atoms with Crippen LogP contribution >= 0.6 is 0 Å². The van der Waals surface area contributed by atoms with E-state index in [0.717, 1.165) is 6.54 Å². The lowest BCUT2D eigenvalue weighted by atomic mass is 9.86. The molecule has 2 unspecified atom stereocenters. The van der Waals surface area contributed by atoms with Gasteiger partial charge >= 0.3 is 0 Å². The summed E-state index contributed by atoms with van der Waals surface area (Å²) < 4.78 is 0. The van der Waals surface area contributed by atoms with E-state index in [2.05, 4.69) is 38.3 Å². The first-order chi connectivity index (χ1) is 7.92. The molecule has 102 valence electrons. The molecule has 0 aliphatic heterocycles. The second-order valence-corrected chi connectivity index (χ2v) is 5.38. The average Bonchev–Trinajstić information content (AvgIpc) is 2.32. The summed E-state index contributed by atoms with van der Waals surface area (Å²) in [6.45, 7) is 11.5. The van der Waals surface area contributed by atoms with Crippen molar-refractivity contribution >= 4 is 5.91 Å². The fourth-order valence-electron chi connectivity index (χ4n) is 2.02. The van der Waals surface area contributed by atoms with Gasteiger partial charge in [-0.25, -0.2) is 0 Å². The quantitative estimate of drug-likeness (QED) is 0.687. The standard InChI is InChI=1S/C14H30N2O/c1-7-9-12(8-2)10-16-14(5,11(3)4)13(17)15-6/h11-12,16H,7-10H2,1-6H3,(H,15,17). The summed E-state index contributed by atoms with van der Waals surface area (Å²) in [6, 6.07) is 0. The molecule has 0 rings (SSSR count). The Morgan fingerprint density at radius 2 is 1.88 bits per heavy atom. The fourth-order valence-corrected chi connectivity index (χ4v) is 2.02. The van der Waals surface area contributed by atoms with Crippen LogP contribution in [-0.4, -0.2) is 25.0 Å². The zero-order valence-electron chi connectivity index (χ0n) is 12.4. The highest BCUT2D eigenvalue weighted by Gasteiger charge is 2.35. The summed E-state index contributed by atoms with van der Waals surface area (Å²) in [4.78, 5) is 12.0. The van der Waals surface area contributed by atoms with Crippen LogP contribution in [0.3, 0.4) is 0 Å². The number of carbonyl (C=O) groups is 1. The zero-order valence-corrected chi connectivity index (χ0v) is 12.4. The highest BCUT2D eigenvalue weighted by atomic mass is 16.2. The molecule has 3 nitrogen and oxygen atoms in total. The van der Waals surface area contributed by atoms with Crippen molar-refractivity contribution in [2.45, 2.75) is 59.4 Å². The van der Waals surface area contributed by atoms with Gasteiger partial charge in [0, 0.05) is 7.05 Å². The van der Waals surface area contributed by atoms with Gasteiger partial charge in [0.1, 0.15) is 0 Å². The summed E-state index contributed by atoms with van der Waals surface area (Å²) in [6.07, 6.45) is 3.60. The largest absolute Gasteiger partial charge is 0.358 e. The molecular formula is C14H30N2O. The zero-order chi connectivity index (χ0) is 13.5. The molecular weight excluding hydrogens is 212 g/mol. The van der Waals surface area contributed by atoms with Gasteiger partial charge in [-0.2, -0.15) is 0 Å². The van der Waals surface area contributed by atoms with E-state index in [9.17, 15) is 4.79 Å². The lowest BCUT2D eigenvalue weighted by molar-refractivity contribution is -0.128. The van der Waals surface area contributed by atoms with Crippen LogP contribution < -0.4 is 10.6 Å². The Bertz CT molecular complexity index is 228. The molecule has 0 bridgehead atoms. The summed E-state index contributed by atoms with van der Waals surface area (Å²) in [5.74, 6) is 1.03. The maximum atomic E-state index is 12.0. The van der Waals surface area contributed by atoms with Crippen molar-refractivity contribution in [1.29, 1.82) is 0 Å². The number of likely N-dealkylation sites (N-methyl/N-ethyl adjacent to an activating group) is 1. The molecule has 0 aromatic carbocycles.